The Bertz CT molecular complexity index is 730. The molecule has 0 spiro atoms. The number of urea groups is 1. The lowest BCUT2D eigenvalue weighted by Gasteiger charge is -2.35. The lowest BCUT2D eigenvalue weighted by atomic mass is 9.96. The lowest BCUT2D eigenvalue weighted by molar-refractivity contribution is -0.127. The van der Waals surface area contributed by atoms with Crippen LogP contribution in [0, 0.1) is 5.92 Å². The van der Waals surface area contributed by atoms with E-state index >= 15 is 0 Å². The summed E-state index contributed by atoms with van der Waals surface area (Å²) >= 11 is 0. The summed E-state index contributed by atoms with van der Waals surface area (Å²) in [5, 5.41) is 5.83. The molecule has 0 aliphatic carbocycles. The molecule has 2 atom stereocenters. The number of hydrogen-bond acceptors (Lipinski definition) is 3. The third kappa shape index (κ3) is 5.03. The molecule has 7 heteroatoms. The van der Waals surface area contributed by atoms with Crippen LogP contribution in [0.25, 0.3) is 0 Å². The van der Waals surface area contributed by atoms with Gasteiger partial charge in [0.1, 0.15) is 0 Å². The zero-order valence-electron chi connectivity index (χ0n) is 16.7. The Balaban J connectivity index is 1.57. The largest absolute Gasteiger partial charge is 0.349 e. The van der Waals surface area contributed by atoms with Crippen molar-refractivity contribution < 1.29 is 14.4 Å². The molecule has 3 rings (SSSR count). The highest BCUT2D eigenvalue weighted by atomic mass is 16.2. The van der Waals surface area contributed by atoms with E-state index in [1.54, 1.807) is 0 Å². The fourth-order valence-corrected chi connectivity index (χ4v) is 3.98. The van der Waals surface area contributed by atoms with Crippen molar-refractivity contribution in [2.75, 3.05) is 31.5 Å². The normalized spacial score (nSPS) is 20.6. The van der Waals surface area contributed by atoms with Crippen molar-refractivity contribution in [2.45, 2.75) is 45.6 Å². The zero-order chi connectivity index (χ0) is 20.1. The molecule has 2 aliphatic rings. The number of anilines is 1. The molecule has 28 heavy (non-hydrogen) atoms. The molecular weight excluding hydrogens is 356 g/mol. The van der Waals surface area contributed by atoms with Gasteiger partial charge in [-0.25, -0.2) is 4.79 Å². The highest BCUT2D eigenvalue weighted by Gasteiger charge is 2.32. The third-order valence-electron chi connectivity index (χ3n) is 5.51. The van der Waals surface area contributed by atoms with Gasteiger partial charge in [0.2, 0.25) is 11.8 Å². The maximum Gasteiger partial charge on any atom is 0.320 e. The molecule has 0 aromatic heterocycles. The van der Waals surface area contributed by atoms with Crippen LogP contribution in [0.2, 0.25) is 0 Å². The average Bonchev–Trinajstić information content (AvgIpc) is 3.22. The smallest absolute Gasteiger partial charge is 0.320 e. The number of hydrogen-bond donors (Lipinski definition) is 2. The maximum absolute atomic E-state index is 12.8. The van der Waals surface area contributed by atoms with E-state index in [2.05, 4.69) is 10.6 Å². The van der Waals surface area contributed by atoms with Crippen LogP contribution in [-0.2, 0) is 9.59 Å². The Kier molecular flexibility index (Phi) is 6.54. The van der Waals surface area contributed by atoms with Crippen LogP contribution < -0.4 is 10.6 Å². The van der Waals surface area contributed by atoms with Crippen LogP contribution in [-0.4, -0.2) is 53.8 Å². The number of amides is 4. The van der Waals surface area contributed by atoms with Gasteiger partial charge in [-0.2, -0.15) is 0 Å². The number of rotatable bonds is 4. The number of benzene rings is 1. The van der Waals surface area contributed by atoms with Crippen LogP contribution >= 0.6 is 0 Å². The molecule has 152 valence electrons. The maximum atomic E-state index is 12.8. The van der Waals surface area contributed by atoms with Crippen molar-refractivity contribution in [1.29, 1.82) is 0 Å². The first-order valence-electron chi connectivity index (χ1n) is 10.2. The molecule has 1 aromatic rings. The van der Waals surface area contributed by atoms with Crippen LogP contribution in [0.15, 0.2) is 24.3 Å². The standard InChI is InChI=1S/C21H30N4O3/c1-15(17-7-5-9-19(13-17)23-16(2)26)22-20(27)18-8-6-12-25(14-18)21(28)24-10-3-4-11-24/h5,7,9,13,15,18H,3-4,6,8,10-12,14H2,1-2H3,(H,22,27)(H,23,26)/t15-,18+/m1/s1. The molecule has 0 radical (unpaired) electrons. The van der Waals surface area contributed by atoms with Crippen molar-refractivity contribution in [3.63, 3.8) is 0 Å². The van der Waals surface area contributed by atoms with Gasteiger partial charge in [-0.05, 0) is 50.3 Å². The fraction of sp³-hybridized carbons (Fsp3) is 0.571. The van der Waals surface area contributed by atoms with Crippen molar-refractivity contribution >= 4 is 23.5 Å². The molecule has 7 nitrogen and oxygen atoms in total. The number of carbonyl (C=O) groups excluding carboxylic acids is 3. The van der Waals surface area contributed by atoms with E-state index < -0.39 is 0 Å². The second-order valence-electron chi connectivity index (χ2n) is 7.80. The molecule has 0 bridgehead atoms. The number of nitrogens with one attached hydrogen (secondary N) is 2. The summed E-state index contributed by atoms with van der Waals surface area (Å²) in [5.41, 5.74) is 1.64. The van der Waals surface area contributed by atoms with E-state index in [0.29, 0.717) is 12.2 Å². The average molecular weight is 386 g/mol. The van der Waals surface area contributed by atoms with Crippen LogP contribution in [0.3, 0.4) is 0 Å². The minimum atomic E-state index is -0.179. The Morgan fingerprint density at radius 2 is 1.79 bits per heavy atom. The topological polar surface area (TPSA) is 81.8 Å². The van der Waals surface area contributed by atoms with E-state index in [0.717, 1.165) is 50.9 Å². The number of piperidine rings is 1. The van der Waals surface area contributed by atoms with Crippen molar-refractivity contribution in [1.82, 2.24) is 15.1 Å². The fourth-order valence-electron chi connectivity index (χ4n) is 3.98. The van der Waals surface area contributed by atoms with E-state index in [1.165, 1.54) is 6.92 Å². The van der Waals surface area contributed by atoms with Crippen LogP contribution in [0.4, 0.5) is 10.5 Å². The monoisotopic (exact) mass is 386 g/mol. The van der Waals surface area contributed by atoms with E-state index in [4.69, 9.17) is 0 Å². The third-order valence-corrected chi connectivity index (χ3v) is 5.51. The van der Waals surface area contributed by atoms with Crippen LogP contribution in [0.5, 0.6) is 0 Å². The van der Waals surface area contributed by atoms with Gasteiger partial charge in [-0.3, -0.25) is 9.59 Å². The summed E-state index contributed by atoms with van der Waals surface area (Å²) in [5.74, 6) is -0.323. The molecule has 1 aromatic carbocycles. The summed E-state index contributed by atoms with van der Waals surface area (Å²) in [7, 11) is 0. The molecule has 2 saturated heterocycles. The van der Waals surface area contributed by atoms with Crippen molar-refractivity contribution in [2.24, 2.45) is 5.92 Å². The van der Waals surface area contributed by atoms with Crippen molar-refractivity contribution in [3.8, 4) is 0 Å². The van der Waals surface area contributed by atoms with Crippen molar-refractivity contribution in [3.05, 3.63) is 29.8 Å². The molecule has 0 unspecified atom stereocenters. The minimum Gasteiger partial charge on any atom is -0.349 e. The predicted molar refractivity (Wildman–Crippen MR) is 108 cm³/mol. The SMILES string of the molecule is CC(=O)Nc1cccc([C@@H](C)NC(=O)[C@H]2CCCN(C(=O)N3CCCC3)C2)c1. The molecular formula is C21H30N4O3. The van der Waals surface area contributed by atoms with Gasteiger partial charge < -0.3 is 20.4 Å². The quantitative estimate of drug-likeness (QED) is 0.835. The first-order chi connectivity index (χ1) is 13.4. The molecule has 2 N–H and O–H groups in total. The van der Waals surface area contributed by atoms with Crippen LogP contribution in [0.1, 0.15) is 51.1 Å². The zero-order valence-corrected chi connectivity index (χ0v) is 16.7. The Morgan fingerprint density at radius 1 is 1.07 bits per heavy atom. The second kappa shape index (κ2) is 9.08. The molecule has 2 heterocycles. The van der Waals surface area contributed by atoms with Gasteiger partial charge in [-0.15, -0.1) is 0 Å². The van der Waals surface area contributed by atoms with Gasteiger partial charge in [-0.1, -0.05) is 12.1 Å². The van der Waals surface area contributed by atoms with Gasteiger partial charge in [0.05, 0.1) is 12.0 Å². The van der Waals surface area contributed by atoms with E-state index in [1.807, 2.05) is 41.0 Å². The minimum absolute atomic E-state index is 0.0173. The predicted octanol–water partition coefficient (Wildman–Crippen LogP) is 2.75. The summed E-state index contributed by atoms with van der Waals surface area (Å²) in [6.45, 7) is 6.27. The highest BCUT2D eigenvalue weighted by molar-refractivity contribution is 5.88. The van der Waals surface area contributed by atoms with E-state index in [-0.39, 0.29) is 29.8 Å². The van der Waals surface area contributed by atoms with Gasteiger partial charge >= 0.3 is 6.03 Å². The van der Waals surface area contributed by atoms with Gasteiger partial charge in [0.25, 0.3) is 0 Å². The summed E-state index contributed by atoms with van der Waals surface area (Å²) in [4.78, 5) is 40.4. The highest BCUT2D eigenvalue weighted by Crippen LogP contribution is 2.22. The Hall–Kier alpha value is -2.57. The Morgan fingerprint density at radius 3 is 2.50 bits per heavy atom. The first kappa shape index (κ1) is 20.2. The molecule has 0 saturated carbocycles. The Labute approximate surface area is 166 Å². The molecule has 2 fully saturated rings. The number of likely N-dealkylation sites (tertiary alicyclic amines) is 2. The summed E-state index contributed by atoms with van der Waals surface area (Å²) < 4.78 is 0. The summed E-state index contributed by atoms with van der Waals surface area (Å²) in [6, 6.07) is 7.39. The van der Waals surface area contributed by atoms with Gasteiger partial charge in [0, 0.05) is 38.8 Å². The van der Waals surface area contributed by atoms with E-state index in [9.17, 15) is 14.4 Å². The molecule has 4 amide bonds. The summed E-state index contributed by atoms with van der Waals surface area (Å²) in [6.07, 6.45) is 3.79. The number of nitrogens with zero attached hydrogens (tertiary/aromatic N) is 2. The number of carbonyl (C=O) groups is 3. The molecule has 2 aliphatic heterocycles. The second-order valence-corrected chi connectivity index (χ2v) is 7.80. The lowest BCUT2D eigenvalue weighted by Crippen LogP contribution is -2.49. The van der Waals surface area contributed by atoms with Gasteiger partial charge in [0.15, 0.2) is 0 Å². The first-order valence-corrected chi connectivity index (χ1v) is 10.2.